The van der Waals surface area contributed by atoms with Gasteiger partial charge in [-0.05, 0) is 48.9 Å². The second-order valence-corrected chi connectivity index (χ2v) is 5.59. The molecule has 3 heterocycles. The SMILES string of the molecule is CC(=O)Nc1ccc2nc(C)ccc2c1.Cl.c1cc2ccc1CN2. The Labute approximate surface area is 147 Å². The molecule has 2 aliphatic heterocycles. The van der Waals surface area contributed by atoms with Gasteiger partial charge in [0.25, 0.3) is 0 Å². The number of aromatic nitrogens is 1. The van der Waals surface area contributed by atoms with Gasteiger partial charge in [-0.2, -0.15) is 0 Å². The minimum Gasteiger partial charge on any atom is -0.381 e. The fourth-order valence-electron chi connectivity index (χ4n) is 2.45. The molecule has 3 aromatic rings. The van der Waals surface area contributed by atoms with Gasteiger partial charge in [0.2, 0.25) is 5.91 Å². The lowest BCUT2D eigenvalue weighted by atomic mass is 10.1. The van der Waals surface area contributed by atoms with E-state index in [4.69, 9.17) is 0 Å². The van der Waals surface area contributed by atoms with E-state index in [-0.39, 0.29) is 18.3 Å². The molecule has 0 saturated heterocycles. The van der Waals surface area contributed by atoms with Crippen LogP contribution in [0.1, 0.15) is 18.2 Å². The van der Waals surface area contributed by atoms with E-state index in [1.165, 1.54) is 18.2 Å². The molecule has 0 unspecified atom stereocenters. The molecule has 2 bridgehead atoms. The molecular weight excluding hydrogens is 322 g/mol. The van der Waals surface area contributed by atoms with Gasteiger partial charge in [0.15, 0.2) is 0 Å². The van der Waals surface area contributed by atoms with Gasteiger partial charge < -0.3 is 10.6 Å². The number of hydrogen-bond donors (Lipinski definition) is 2. The van der Waals surface area contributed by atoms with E-state index < -0.39 is 0 Å². The Morgan fingerprint density at radius 1 is 1.08 bits per heavy atom. The first kappa shape index (κ1) is 17.8. The number of hydrogen-bond acceptors (Lipinski definition) is 3. The number of rotatable bonds is 1. The second-order valence-electron chi connectivity index (χ2n) is 5.59. The molecule has 0 fully saturated rings. The quantitative estimate of drug-likeness (QED) is 0.683. The molecule has 1 aromatic heterocycles. The Hall–Kier alpha value is -2.59. The Kier molecular flexibility index (Phi) is 5.77. The number of anilines is 2. The molecule has 24 heavy (non-hydrogen) atoms. The molecule has 2 aromatic carbocycles. The third kappa shape index (κ3) is 4.46. The van der Waals surface area contributed by atoms with Gasteiger partial charge >= 0.3 is 0 Å². The normalized spacial score (nSPS) is 10.9. The van der Waals surface area contributed by atoms with Crippen LogP contribution in [-0.2, 0) is 11.3 Å². The highest BCUT2D eigenvalue weighted by molar-refractivity contribution is 5.92. The lowest BCUT2D eigenvalue weighted by Gasteiger charge is -2.12. The number of carbonyl (C=O) groups excluding carboxylic acids is 1. The number of amides is 1. The summed E-state index contributed by atoms with van der Waals surface area (Å²) in [6, 6.07) is 18.1. The van der Waals surface area contributed by atoms with Crippen molar-refractivity contribution in [2.45, 2.75) is 20.4 Å². The van der Waals surface area contributed by atoms with Gasteiger partial charge in [-0.15, -0.1) is 12.4 Å². The molecule has 0 radical (unpaired) electrons. The fourth-order valence-corrected chi connectivity index (χ4v) is 2.45. The molecule has 1 amide bonds. The predicted octanol–water partition coefficient (Wildman–Crippen LogP) is 4.54. The van der Waals surface area contributed by atoms with E-state index in [1.807, 2.05) is 37.3 Å². The summed E-state index contributed by atoms with van der Waals surface area (Å²) >= 11 is 0. The summed E-state index contributed by atoms with van der Waals surface area (Å²) in [5.74, 6) is -0.0607. The molecule has 5 rings (SSSR count). The number of halogens is 1. The number of aryl methyl sites for hydroxylation is 1. The van der Waals surface area contributed by atoms with Crippen LogP contribution >= 0.6 is 12.4 Å². The molecule has 0 atom stereocenters. The van der Waals surface area contributed by atoms with Crippen LogP contribution in [0, 0.1) is 6.92 Å². The molecule has 2 aliphatic rings. The summed E-state index contributed by atoms with van der Waals surface area (Å²) < 4.78 is 0. The highest BCUT2D eigenvalue weighted by Crippen LogP contribution is 2.18. The zero-order valence-corrected chi connectivity index (χ0v) is 14.5. The van der Waals surface area contributed by atoms with Crippen LogP contribution in [0.5, 0.6) is 0 Å². The maximum absolute atomic E-state index is 10.9. The van der Waals surface area contributed by atoms with E-state index in [2.05, 4.69) is 39.9 Å². The maximum Gasteiger partial charge on any atom is 0.221 e. The molecule has 5 heteroatoms. The average Bonchev–Trinajstić information content (AvgIpc) is 2.57. The van der Waals surface area contributed by atoms with Gasteiger partial charge in [-0.3, -0.25) is 9.78 Å². The van der Waals surface area contributed by atoms with Gasteiger partial charge in [0, 0.05) is 35.9 Å². The van der Waals surface area contributed by atoms with Crippen LogP contribution in [-0.4, -0.2) is 10.9 Å². The van der Waals surface area contributed by atoms with Crippen molar-refractivity contribution in [2.75, 3.05) is 10.6 Å². The van der Waals surface area contributed by atoms with Crippen molar-refractivity contribution in [1.29, 1.82) is 0 Å². The summed E-state index contributed by atoms with van der Waals surface area (Å²) in [4.78, 5) is 15.3. The third-order valence-corrected chi connectivity index (χ3v) is 3.60. The number of carbonyl (C=O) groups is 1. The smallest absolute Gasteiger partial charge is 0.221 e. The van der Waals surface area contributed by atoms with E-state index >= 15 is 0 Å². The van der Waals surface area contributed by atoms with Crippen LogP contribution in [0.2, 0.25) is 0 Å². The van der Waals surface area contributed by atoms with Crippen molar-refractivity contribution in [3.8, 4) is 0 Å². The molecular formula is C19H20ClN3O. The Morgan fingerprint density at radius 2 is 1.83 bits per heavy atom. The van der Waals surface area contributed by atoms with Crippen LogP contribution in [0.25, 0.3) is 10.9 Å². The van der Waals surface area contributed by atoms with Crippen LogP contribution in [0.4, 0.5) is 11.4 Å². The molecule has 0 aliphatic carbocycles. The molecule has 4 nitrogen and oxygen atoms in total. The average molecular weight is 342 g/mol. The summed E-state index contributed by atoms with van der Waals surface area (Å²) in [6.07, 6.45) is 0. The minimum absolute atomic E-state index is 0. The highest BCUT2D eigenvalue weighted by atomic mass is 35.5. The Bertz CT molecular complexity index is 824. The lowest BCUT2D eigenvalue weighted by Crippen LogP contribution is -2.05. The van der Waals surface area contributed by atoms with Crippen molar-refractivity contribution in [3.05, 3.63) is 65.9 Å². The van der Waals surface area contributed by atoms with E-state index in [9.17, 15) is 4.79 Å². The number of pyridine rings is 1. The van der Waals surface area contributed by atoms with E-state index in [0.29, 0.717) is 0 Å². The summed E-state index contributed by atoms with van der Waals surface area (Å²) in [7, 11) is 0. The molecule has 124 valence electrons. The van der Waals surface area contributed by atoms with E-state index in [0.717, 1.165) is 28.8 Å². The van der Waals surface area contributed by atoms with Gasteiger partial charge in [-0.1, -0.05) is 18.2 Å². The van der Waals surface area contributed by atoms with Crippen molar-refractivity contribution in [2.24, 2.45) is 0 Å². The van der Waals surface area contributed by atoms with Crippen LogP contribution in [0.15, 0.2) is 54.6 Å². The first-order valence-electron chi connectivity index (χ1n) is 7.58. The first-order chi connectivity index (χ1) is 11.1. The second kappa shape index (κ2) is 7.79. The van der Waals surface area contributed by atoms with Crippen LogP contribution in [0.3, 0.4) is 0 Å². The molecule has 0 saturated carbocycles. The lowest BCUT2D eigenvalue weighted by molar-refractivity contribution is -0.114. The Morgan fingerprint density at radius 3 is 2.33 bits per heavy atom. The van der Waals surface area contributed by atoms with Crippen LogP contribution < -0.4 is 10.6 Å². The number of fused-ring (bicyclic) bond motifs is 4. The minimum atomic E-state index is -0.0607. The predicted molar refractivity (Wildman–Crippen MR) is 102 cm³/mol. The zero-order chi connectivity index (χ0) is 16.2. The topological polar surface area (TPSA) is 54.0 Å². The largest absolute Gasteiger partial charge is 0.381 e. The van der Waals surface area contributed by atoms with E-state index in [1.54, 1.807) is 0 Å². The van der Waals surface area contributed by atoms with Gasteiger partial charge in [-0.25, -0.2) is 0 Å². The number of nitrogens with one attached hydrogen (secondary N) is 2. The van der Waals surface area contributed by atoms with Crippen molar-refractivity contribution < 1.29 is 4.79 Å². The summed E-state index contributed by atoms with van der Waals surface area (Å²) in [5, 5.41) is 7.00. The Balaban J connectivity index is 0.000000195. The maximum atomic E-state index is 10.9. The monoisotopic (exact) mass is 341 g/mol. The number of nitrogens with zero attached hydrogens (tertiary/aromatic N) is 1. The van der Waals surface area contributed by atoms with Crippen molar-refractivity contribution >= 4 is 40.6 Å². The fraction of sp³-hybridized carbons (Fsp3) is 0.158. The summed E-state index contributed by atoms with van der Waals surface area (Å²) in [6.45, 7) is 4.47. The third-order valence-electron chi connectivity index (χ3n) is 3.60. The standard InChI is InChI=1S/C12H12N2O.C7H7N.ClH/c1-8-3-4-10-7-11(14-9(2)15)5-6-12(10)13-8;1-3-7-4-2-6(1)5-8-7;/h3-7H,1-2H3,(H,14,15);1-4,8H,5H2;1H. The molecule has 2 N–H and O–H groups in total. The van der Waals surface area contributed by atoms with Gasteiger partial charge in [0.1, 0.15) is 0 Å². The van der Waals surface area contributed by atoms with Gasteiger partial charge in [0.05, 0.1) is 5.52 Å². The number of benzene rings is 2. The molecule has 0 spiro atoms. The summed E-state index contributed by atoms with van der Waals surface area (Å²) in [5.41, 5.74) is 5.36. The first-order valence-corrected chi connectivity index (χ1v) is 7.58. The highest BCUT2D eigenvalue weighted by Gasteiger charge is 2.00. The van der Waals surface area contributed by atoms with Crippen molar-refractivity contribution in [3.63, 3.8) is 0 Å². The van der Waals surface area contributed by atoms with Crippen molar-refractivity contribution in [1.82, 2.24) is 4.98 Å². The zero-order valence-electron chi connectivity index (χ0n) is 13.7.